The number of rotatable bonds is 5. The van der Waals surface area contributed by atoms with Crippen molar-refractivity contribution in [3.63, 3.8) is 0 Å². The summed E-state index contributed by atoms with van der Waals surface area (Å²) in [6.07, 6.45) is -5.98. The molecule has 11 heteroatoms. The number of Topliss-reactive ketones (excluding diaryl/α,β-unsaturated/α-hetero) is 1. The van der Waals surface area contributed by atoms with Crippen molar-refractivity contribution in [3.8, 4) is 0 Å². The van der Waals surface area contributed by atoms with E-state index in [2.05, 4.69) is 5.32 Å². The monoisotopic (exact) mass is 539 g/mol. The molecule has 212 valence electrons. The predicted octanol–water partition coefficient (Wildman–Crippen LogP) is 6.81. The van der Waals surface area contributed by atoms with Crippen LogP contribution in [0, 0.1) is 17.8 Å². The van der Waals surface area contributed by atoms with E-state index in [1.165, 1.54) is 6.92 Å². The topological polar surface area (TPSA) is 78.6 Å². The number of ketones is 1. The van der Waals surface area contributed by atoms with Gasteiger partial charge in [0, 0.05) is 30.9 Å². The van der Waals surface area contributed by atoms with Crippen LogP contribution in [0.5, 0.6) is 0 Å². The van der Waals surface area contributed by atoms with Crippen molar-refractivity contribution in [2.75, 3.05) is 35.6 Å². The Kier molecular flexibility index (Phi) is 10.2. The number of carbonyl (C=O) groups is 1. The molecule has 0 aromatic heterocycles. The molecule has 0 radical (unpaired) electrons. The molecule has 4 N–H and O–H groups in total. The van der Waals surface area contributed by atoms with Gasteiger partial charge in [-0.15, -0.1) is 0 Å². The molecule has 5 nitrogen and oxygen atoms in total. The van der Waals surface area contributed by atoms with Crippen LogP contribution >= 0.6 is 0 Å². The number of hydrogen-bond acceptors (Lipinski definition) is 5. The predicted molar refractivity (Wildman–Crippen MR) is 134 cm³/mol. The summed E-state index contributed by atoms with van der Waals surface area (Å²) in [7, 11) is 0. The number of nitrogens with two attached hydrogens (primary N) is 1. The van der Waals surface area contributed by atoms with E-state index in [1.807, 2.05) is 6.92 Å². The van der Waals surface area contributed by atoms with Crippen molar-refractivity contribution in [3.05, 3.63) is 17.7 Å². The number of alkyl halides is 6. The maximum absolute atomic E-state index is 12.9. The minimum Gasteiger partial charge on any atom is -0.397 e. The van der Waals surface area contributed by atoms with Gasteiger partial charge in [0.1, 0.15) is 0 Å². The van der Waals surface area contributed by atoms with E-state index in [-0.39, 0.29) is 38.3 Å². The van der Waals surface area contributed by atoms with Gasteiger partial charge in [-0.05, 0) is 64.5 Å². The number of carbonyl (C=O) groups excluding carboxylic acids is 1. The van der Waals surface area contributed by atoms with E-state index < -0.39 is 29.8 Å². The zero-order valence-electron chi connectivity index (χ0n) is 21.9. The van der Waals surface area contributed by atoms with Crippen LogP contribution in [0.2, 0.25) is 0 Å². The minimum atomic E-state index is -4.18. The van der Waals surface area contributed by atoms with Crippen LogP contribution in [-0.2, 0) is 0 Å². The average molecular weight is 540 g/mol. The Balaban J connectivity index is 0.000000364. The summed E-state index contributed by atoms with van der Waals surface area (Å²) in [6.45, 7) is 7.40. The maximum atomic E-state index is 12.9. The lowest BCUT2D eigenvalue weighted by Crippen LogP contribution is -2.39. The molecular weight excluding hydrogens is 500 g/mol. The van der Waals surface area contributed by atoms with E-state index >= 15 is 0 Å². The molecule has 1 aliphatic heterocycles. The van der Waals surface area contributed by atoms with Gasteiger partial charge in [0.25, 0.3) is 0 Å². The standard InChI is InChI=1S/C18H26F3N3O2.C8H13F3/c1-11(25)13-8-14(22)15(23-10-17(2,3)26)9-16(13)24-6-4-12(5-7-24)18(19,20)21;1-6-2-4-7(5-3-6)8(9,10)11/h8-9,12,23,26H,4-7,10,22H2,1-3H3;6-7H,2-5H2,1H3. The Bertz CT molecular complexity index is 895. The Hall–Kier alpha value is -2.17. The summed E-state index contributed by atoms with van der Waals surface area (Å²) >= 11 is 0. The van der Waals surface area contributed by atoms with Crippen molar-refractivity contribution >= 4 is 22.8 Å². The van der Waals surface area contributed by atoms with E-state index in [1.54, 1.807) is 30.9 Å². The number of anilines is 3. The summed E-state index contributed by atoms with van der Waals surface area (Å²) in [5.41, 5.74) is 6.91. The van der Waals surface area contributed by atoms with Gasteiger partial charge >= 0.3 is 12.4 Å². The van der Waals surface area contributed by atoms with Crippen molar-refractivity contribution in [2.45, 2.75) is 84.2 Å². The molecule has 1 saturated carbocycles. The number of nitrogens with one attached hydrogen (secondary N) is 1. The second-order valence-corrected chi connectivity index (χ2v) is 11.0. The van der Waals surface area contributed by atoms with Crippen molar-refractivity contribution in [1.29, 1.82) is 0 Å². The number of aliphatic hydroxyl groups is 1. The number of halogens is 6. The third-order valence-electron chi connectivity index (χ3n) is 7.04. The third kappa shape index (κ3) is 9.57. The molecule has 1 saturated heterocycles. The molecule has 0 spiro atoms. The smallest absolute Gasteiger partial charge is 0.391 e. The first-order valence-electron chi connectivity index (χ1n) is 12.7. The summed E-state index contributed by atoms with van der Waals surface area (Å²) in [5, 5.41) is 12.9. The molecule has 3 rings (SSSR count). The van der Waals surface area contributed by atoms with Gasteiger partial charge in [-0.2, -0.15) is 26.3 Å². The van der Waals surface area contributed by atoms with Gasteiger partial charge in [-0.3, -0.25) is 4.79 Å². The highest BCUT2D eigenvalue weighted by Crippen LogP contribution is 2.40. The molecule has 2 aliphatic rings. The first-order chi connectivity index (χ1) is 16.9. The van der Waals surface area contributed by atoms with Gasteiger partial charge in [-0.25, -0.2) is 0 Å². The molecule has 0 unspecified atom stereocenters. The highest BCUT2D eigenvalue weighted by atomic mass is 19.4. The quantitative estimate of drug-likeness (QED) is 0.218. The van der Waals surface area contributed by atoms with Crippen molar-refractivity contribution in [1.82, 2.24) is 0 Å². The first kappa shape index (κ1) is 31.1. The van der Waals surface area contributed by atoms with Crippen LogP contribution in [0.1, 0.15) is 76.6 Å². The van der Waals surface area contributed by atoms with Gasteiger partial charge < -0.3 is 21.1 Å². The molecule has 0 amide bonds. The zero-order valence-corrected chi connectivity index (χ0v) is 21.9. The first-order valence-corrected chi connectivity index (χ1v) is 12.7. The highest BCUT2D eigenvalue weighted by molar-refractivity contribution is 6.02. The number of hydrogen-bond donors (Lipinski definition) is 3. The van der Waals surface area contributed by atoms with Crippen LogP contribution in [-0.4, -0.2) is 48.5 Å². The molecule has 1 aromatic rings. The molecule has 0 atom stereocenters. The molecule has 1 aromatic carbocycles. The van der Waals surface area contributed by atoms with Crippen molar-refractivity contribution < 1.29 is 36.2 Å². The summed E-state index contributed by atoms with van der Waals surface area (Å²) in [5.74, 6) is -2.02. The zero-order chi connectivity index (χ0) is 28.2. The minimum absolute atomic E-state index is 0.00233. The Morgan fingerprint density at radius 1 is 0.973 bits per heavy atom. The Morgan fingerprint density at radius 2 is 1.46 bits per heavy atom. The Morgan fingerprint density at radius 3 is 1.89 bits per heavy atom. The molecule has 1 aliphatic carbocycles. The molecular formula is C26H39F6N3O2. The highest BCUT2D eigenvalue weighted by Gasteiger charge is 2.42. The second kappa shape index (κ2) is 12.1. The summed E-state index contributed by atoms with van der Waals surface area (Å²) < 4.78 is 74.9. The van der Waals surface area contributed by atoms with E-state index in [9.17, 15) is 36.2 Å². The summed E-state index contributed by atoms with van der Waals surface area (Å²) in [6, 6.07) is 3.23. The average Bonchev–Trinajstić information content (AvgIpc) is 2.77. The lowest BCUT2D eigenvalue weighted by atomic mass is 9.83. The van der Waals surface area contributed by atoms with E-state index in [0.717, 1.165) is 12.8 Å². The lowest BCUT2D eigenvalue weighted by molar-refractivity contribution is -0.183. The fourth-order valence-electron chi connectivity index (χ4n) is 4.65. The van der Waals surface area contributed by atoms with Crippen LogP contribution in [0.15, 0.2) is 12.1 Å². The summed E-state index contributed by atoms with van der Waals surface area (Å²) in [4.78, 5) is 13.8. The van der Waals surface area contributed by atoms with Gasteiger partial charge in [-0.1, -0.05) is 19.8 Å². The number of benzene rings is 1. The van der Waals surface area contributed by atoms with Crippen molar-refractivity contribution in [2.24, 2.45) is 17.8 Å². The number of piperidine rings is 1. The molecule has 1 heterocycles. The number of nitrogens with zero attached hydrogens (tertiary/aromatic N) is 1. The second-order valence-electron chi connectivity index (χ2n) is 11.0. The van der Waals surface area contributed by atoms with Gasteiger partial charge in [0.05, 0.1) is 28.8 Å². The van der Waals surface area contributed by atoms with Gasteiger partial charge in [0.2, 0.25) is 0 Å². The fraction of sp³-hybridized carbons (Fsp3) is 0.731. The van der Waals surface area contributed by atoms with E-state index in [4.69, 9.17) is 5.73 Å². The van der Waals surface area contributed by atoms with Crippen LogP contribution in [0.3, 0.4) is 0 Å². The molecule has 0 bridgehead atoms. The van der Waals surface area contributed by atoms with Crippen LogP contribution < -0.4 is 16.0 Å². The van der Waals surface area contributed by atoms with Gasteiger partial charge in [0.15, 0.2) is 5.78 Å². The molecule has 37 heavy (non-hydrogen) atoms. The normalized spacial score (nSPS) is 21.8. The SMILES string of the molecule is CC(=O)c1cc(N)c(NCC(C)(C)O)cc1N1CCC(C(F)(F)F)CC1.CC1CCC(C(F)(F)F)CC1. The molecule has 2 fully saturated rings. The van der Waals surface area contributed by atoms with E-state index in [0.29, 0.717) is 41.4 Å². The fourth-order valence-corrected chi connectivity index (χ4v) is 4.65. The lowest BCUT2D eigenvalue weighted by Gasteiger charge is -2.35. The van der Waals surface area contributed by atoms with Crippen LogP contribution in [0.4, 0.5) is 43.4 Å². The van der Waals surface area contributed by atoms with Crippen LogP contribution in [0.25, 0.3) is 0 Å². The largest absolute Gasteiger partial charge is 0.397 e. The third-order valence-corrected chi connectivity index (χ3v) is 7.04. The number of nitrogen functional groups attached to an aromatic ring is 1. The Labute approximate surface area is 214 Å². The maximum Gasteiger partial charge on any atom is 0.391 e.